The Kier molecular flexibility index (Phi) is 5.96. The average Bonchev–Trinajstić information content (AvgIpc) is 2.49. The minimum Gasteiger partial charge on any atom is -0.478 e. The Morgan fingerprint density at radius 2 is 1.90 bits per heavy atom. The zero-order valence-electron chi connectivity index (χ0n) is 11.6. The van der Waals surface area contributed by atoms with Gasteiger partial charge in [0.15, 0.2) is 0 Å². The van der Waals surface area contributed by atoms with Crippen LogP contribution >= 0.6 is 15.9 Å². The highest BCUT2D eigenvalue weighted by molar-refractivity contribution is 9.10. The molecule has 2 aromatic carbocycles. The number of benzene rings is 2. The fourth-order valence-electron chi connectivity index (χ4n) is 2.00. The van der Waals surface area contributed by atoms with Crippen LogP contribution in [0.25, 0.3) is 0 Å². The minimum atomic E-state index is -0.925. The van der Waals surface area contributed by atoms with Gasteiger partial charge < -0.3 is 9.84 Å². The molecule has 0 bridgehead atoms. The van der Waals surface area contributed by atoms with E-state index < -0.39 is 5.97 Å². The number of hydrogen-bond acceptors (Lipinski definition) is 2. The van der Waals surface area contributed by atoms with E-state index in [4.69, 9.17) is 9.84 Å². The Balaban J connectivity index is 1.75. The molecule has 0 heterocycles. The van der Waals surface area contributed by atoms with Crippen LogP contribution in [0.3, 0.4) is 0 Å². The van der Waals surface area contributed by atoms with E-state index in [1.165, 1.54) is 5.56 Å². The quantitative estimate of drug-likeness (QED) is 0.759. The van der Waals surface area contributed by atoms with Crippen molar-refractivity contribution in [3.63, 3.8) is 0 Å². The van der Waals surface area contributed by atoms with Crippen molar-refractivity contribution in [1.29, 1.82) is 0 Å². The van der Waals surface area contributed by atoms with E-state index in [2.05, 4.69) is 28.1 Å². The van der Waals surface area contributed by atoms with Crippen molar-refractivity contribution < 1.29 is 14.6 Å². The largest absolute Gasteiger partial charge is 0.478 e. The SMILES string of the molecule is O=C(O)c1ccc(COCCCc2ccccc2)c(Br)c1. The van der Waals surface area contributed by atoms with Crippen LogP contribution in [0, 0.1) is 0 Å². The van der Waals surface area contributed by atoms with Gasteiger partial charge in [-0.25, -0.2) is 4.79 Å². The summed E-state index contributed by atoms with van der Waals surface area (Å²) in [6.07, 6.45) is 1.97. The second-order valence-electron chi connectivity index (χ2n) is 4.75. The molecule has 0 atom stereocenters. The predicted molar refractivity (Wildman–Crippen MR) is 85.5 cm³/mol. The summed E-state index contributed by atoms with van der Waals surface area (Å²) in [5.74, 6) is -0.925. The molecule has 0 aromatic heterocycles. The van der Waals surface area contributed by atoms with Crippen LogP contribution in [0.5, 0.6) is 0 Å². The number of halogens is 1. The lowest BCUT2D eigenvalue weighted by Crippen LogP contribution is -2.00. The molecule has 0 amide bonds. The summed E-state index contributed by atoms with van der Waals surface area (Å²) < 4.78 is 6.41. The topological polar surface area (TPSA) is 46.5 Å². The first-order valence-corrected chi connectivity index (χ1v) is 7.59. The number of carboxylic acids is 1. The molecule has 3 nitrogen and oxygen atoms in total. The molecule has 110 valence electrons. The standard InChI is InChI=1S/C17H17BrO3/c18-16-11-14(17(19)20)8-9-15(16)12-21-10-4-7-13-5-2-1-3-6-13/h1-3,5-6,8-9,11H,4,7,10,12H2,(H,19,20). The first kappa shape index (κ1) is 15.7. The van der Waals surface area contributed by atoms with Crippen molar-refractivity contribution in [2.24, 2.45) is 0 Å². The number of carboxylic acid groups (broad SMARTS) is 1. The molecule has 2 aromatic rings. The summed E-state index contributed by atoms with van der Waals surface area (Å²) in [7, 11) is 0. The van der Waals surface area contributed by atoms with Crippen LogP contribution in [0.1, 0.15) is 27.9 Å². The van der Waals surface area contributed by atoms with Gasteiger partial charge in [0, 0.05) is 11.1 Å². The normalized spacial score (nSPS) is 10.5. The third kappa shape index (κ3) is 4.99. The summed E-state index contributed by atoms with van der Waals surface area (Å²) >= 11 is 3.38. The van der Waals surface area contributed by atoms with Crippen LogP contribution in [0.4, 0.5) is 0 Å². The van der Waals surface area contributed by atoms with Crippen molar-refractivity contribution >= 4 is 21.9 Å². The molecule has 1 N–H and O–H groups in total. The Morgan fingerprint density at radius 3 is 2.57 bits per heavy atom. The number of aromatic carboxylic acids is 1. The first-order valence-electron chi connectivity index (χ1n) is 6.80. The maximum absolute atomic E-state index is 10.8. The monoisotopic (exact) mass is 348 g/mol. The lowest BCUT2D eigenvalue weighted by molar-refractivity contribution is 0.0696. The number of aryl methyl sites for hydroxylation is 1. The van der Waals surface area contributed by atoms with Gasteiger partial charge in [-0.2, -0.15) is 0 Å². The number of rotatable bonds is 7. The molecule has 0 aliphatic heterocycles. The van der Waals surface area contributed by atoms with E-state index in [9.17, 15) is 4.79 Å². The molecule has 2 rings (SSSR count). The van der Waals surface area contributed by atoms with Crippen LogP contribution in [0.2, 0.25) is 0 Å². The summed E-state index contributed by atoms with van der Waals surface area (Å²) in [5, 5.41) is 8.90. The molecule has 0 aliphatic carbocycles. The van der Waals surface area contributed by atoms with Gasteiger partial charge in [0.05, 0.1) is 12.2 Å². The molecular formula is C17H17BrO3. The third-order valence-electron chi connectivity index (χ3n) is 3.15. The number of carbonyl (C=O) groups is 1. The summed E-state index contributed by atoms with van der Waals surface area (Å²) in [6, 6.07) is 15.3. The van der Waals surface area contributed by atoms with Crippen molar-refractivity contribution in [2.45, 2.75) is 19.4 Å². The van der Waals surface area contributed by atoms with E-state index in [-0.39, 0.29) is 5.56 Å². The fraction of sp³-hybridized carbons (Fsp3) is 0.235. The van der Waals surface area contributed by atoms with Gasteiger partial charge in [0.25, 0.3) is 0 Å². The van der Waals surface area contributed by atoms with Gasteiger partial charge in [-0.05, 0) is 36.1 Å². The molecule has 0 fully saturated rings. The number of hydrogen-bond donors (Lipinski definition) is 1. The van der Waals surface area contributed by atoms with Gasteiger partial charge in [0.1, 0.15) is 0 Å². The highest BCUT2D eigenvalue weighted by atomic mass is 79.9. The van der Waals surface area contributed by atoms with Gasteiger partial charge in [0.2, 0.25) is 0 Å². The molecule has 0 spiro atoms. The minimum absolute atomic E-state index is 0.273. The first-order chi connectivity index (χ1) is 10.2. The highest BCUT2D eigenvalue weighted by Crippen LogP contribution is 2.19. The lowest BCUT2D eigenvalue weighted by Gasteiger charge is -2.07. The van der Waals surface area contributed by atoms with Crippen molar-refractivity contribution in [3.05, 3.63) is 69.7 Å². The van der Waals surface area contributed by atoms with Crippen molar-refractivity contribution in [2.75, 3.05) is 6.61 Å². The second kappa shape index (κ2) is 7.96. The highest BCUT2D eigenvalue weighted by Gasteiger charge is 2.06. The van der Waals surface area contributed by atoms with E-state index in [0.29, 0.717) is 13.2 Å². The smallest absolute Gasteiger partial charge is 0.335 e. The maximum Gasteiger partial charge on any atom is 0.335 e. The Bertz CT molecular complexity index is 596. The number of ether oxygens (including phenoxy) is 1. The van der Waals surface area contributed by atoms with E-state index in [1.54, 1.807) is 18.2 Å². The van der Waals surface area contributed by atoms with Gasteiger partial charge in [-0.1, -0.05) is 52.3 Å². The lowest BCUT2D eigenvalue weighted by atomic mass is 10.1. The zero-order valence-corrected chi connectivity index (χ0v) is 13.2. The molecule has 0 aliphatic rings. The fourth-order valence-corrected chi connectivity index (χ4v) is 2.50. The summed E-state index contributed by atoms with van der Waals surface area (Å²) in [4.78, 5) is 10.8. The van der Waals surface area contributed by atoms with Crippen molar-refractivity contribution in [3.8, 4) is 0 Å². The van der Waals surface area contributed by atoms with Crippen LogP contribution in [-0.2, 0) is 17.8 Å². The van der Waals surface area contributed by atoms with Crippen molar-refractivity contribution in [1.82, 2.24) is 0 Å². The molecule has 21 heavy (non-hydrogen) atoms. The predicted octanol–water partition coefficient (Wildman–Crippen LogP) is 4.30. The molecule has 0 radical (unpaired) electrons. The van der Waals surface area contributed by atoms with Crippen LogP contribution in [0.15, 0.2) is 53.0 Å². The van der Waals surface area contributed by atoms with Gasteiger partial charge in [-0.3, -0.25) is 0 Å². The summed E-state index contributed by atoms with van der Waals surface area (Å²) in [5.41, 5.74) is 2.54. The van der Waals surface area contributed by atoms with Crippen LogP contribution in [-0.4, -0.2) is 17.7 Å². The Morgan fingerprint density at radius 1 is 1.14 bits per heavy atom. The third-order valence-corrected chi connectivity index (χ3v) is 3.89. The molecule has 0 unspecified atom stereocenters. The Hall–Kier alpha value is -1.65. The van der Waals surface area contributed by atoms with E-state index in [0.717, 1.165) is 22.9 Å². The van der Waals surface area contributed by atoms with E-state index >= 15 is 0 Å². The average molecular weight is 349 g/mol. The summed E-state index contributed by atoms with van der Waals surface area (Å²) in [6.45, 7) is 1.16. The molecular weight excluding hydrogens is 332 g/mol. The Labute approximate surface area is 132 Å². The molecule has 0 saturated heterocycles. The zero-order chi connectivity index (χ0) is 15.1. The molecule has 0 saturated carbocycles. The maximum atomic E-state index is 10.8. The second-order valence-corrected chi connectivity index (χ2v) is 5.61. The van der Waals surface area contributed by atoms with Gasteiger partial charge in [-0.15, -0.1) is 0 Å². The van der Waals surface area contributed by atoms with E-state index in [1.807, 2.05) is 18.2 Å². The molecule has 4 heteroatoms. The van der Waals surface area contributed by atoms with Gasteiger partial charge >= 0.3 is 5.97 Å². The van der Waals surface area contributed by atoms with Crippen LogP contribution < -0.4 is 0 Å².